The predicted octanol–water partition coefficient (Wildman–Crippen LogP) is 2.81. The SMILES string of the molecule is CC(C)c1nc2cc(NC(=O)C3CCCO3)ccc2n1C. The third-order valence-corrected chi connectivity index (χ3v) is 3.92. The number of anilines is 1. The van der Waals surface area contributed by atoms with Gasteiger partial charge in [0.1, 0.15) is 11.9 Å². The Labute approximate surface area is 124 Å². The van der Waals surface area contributed by atoms with Crippen molar-refractivity contribution in [3.05, 3.63) is 24.0 Å². The normalized spacial score (nSPS) is 18.6. The van der Waals surface area contributed by atoms with Crippen molar-refractivity contribution in [1.29, 1.82) is 0 Å². The summed E-state index contributed by atoms with van der Waals surface area (Å²) in [4.78, 5) is 16.7. The minimum Gasteiger partial charge on any atom is -0.368 e. The number of carbonyl (C=O) groups excluding carboxylic acids is 1. The molecule has 1 fully saturated rings. The molecular formula is C16H21N3O2. The molecule has 0 bridgehead atoms. The van der Waals surface area contributed by atoms with Crippen molar-refractivity contribution in [2.45, 2.75) is 38.7 Å². The largest absolute Gasteiger partial charge is 0.368 e. The number of hydrogen-bond acceptors (Lipinski definition) is 3. The quantitative estimate of drug-likeness (QED) is 0.944. The summed E-state index contributed by atoms with van der Waals surface area (Å²) in [7, 11) is 2.02. The Kier molecular flexibility index (Phi) is 3.68. The van der Waals surface area contributed by atoms with Crippen LogP contribution in [0.1, 0.15) is 38.4 Å². The summed E-state index contributed by atoms with van der Waals surface area (Å²) in [6.07, 6.45) is 1.44. The van der Waals surface area contributed by atoms with E-state index in [-0.39, 0.29) is 12.0 Å². The Bertz CT molecular complexity index is 669. The van der Waals surface area contributed by atoms with Gasteiger partial charge in [-0.2, -0.15) is 0 Å². The van der Waals surface area contributed by atoms with Crippen LogP contribution < -0.4 is 5.32 Å². The number of benzene rings is 1. The topological polar surface area (TPSA) is 56.1 Å². The maximum Gasteiger partial charge on any atom is 0.253 e. The van der Waals surface area contributed by atoms with Crippen LogP contribution in [-0.4, -0.2) is 28.2 Å². The van der Waals surface area contributed by atoms with Gasteiger partial charge in [-0.3, -0.25) is 4.79 Å². The standard InChI is InChI=1S/C16H21N3O2/c1-10(2)15-18-12-9-11(6-7-13(12)19(15)3)17-16(20)14-5-4-8-21-14/h6-7,9-10,14H,4-5,8H2,1-3H3,(H,17,20). The average molecular weight is 287 g/mol. The van der Waals surface area contributed by atoms with Crippen LogP contribution in [0.4, 0.5) is 5.69 Å². The molecule has 21 heavy (non-hydrogen) atoms. The van der Waals surface area contributed by atoms with Crippen molar-refractivity contribution in [3.8, 4) is 0 Å². The fourth-order valence-corrected chi connectivity index (χ4v) is 2.82. The number of nitrogens with zero attached hydrogens (tertiary/aromatic N) is 2. The minimum absolute atomic E-state index is 0.0631. The van der Waals surface area contributed by atoms with Gasteiger partial charge in [0.15, 0.2) is 0 Å². The lowest BCUT2D eigenvalue weighted by Crippen LogP contribution is -2.26. The van der Waals surface area contributed by atoms with Gasteiger partial charge in [-0.05, 0) is 31.0 Å². The third kappa shape index (κ3) is 2.65. The monoisotopic (exact) mass is 287 g/mol. The zero-order chi connectivity index (χ0) is 15.0. The fraction of sp³-hybridized carbons (Fsp3) is 0.500. The first-order valence-electron chi connectivity index (χ1n) is 7.45. The molecule has 2 heterocycles. The number of hydrogen-bond donors (Lipinski definition) is 1. The van der Waals surface area contributed by atoms with Gasteiger partial charge in [-0.25, -0.2) is 4.98 Å². The first-order valence-corrected chi connectivity index (χ1v) is 7.45. The minimum atomic E-state index is -0.310. The van der Waals surface area contributed by atoms with Crippen LogP contribution >= 0.6 is 0 Å². The second-order valence-corrected chi connectivity index (χ2v) is 5.88. The van der Waals surface area contributed by atoms with E-state index in [2.05, 4.69) is 28.7 Å². The molecule has 0 aliphatic carbocycles. The molecule has 0 radical (unpaired) electrons. The van der Waals surface area contributed by atoms with Crippen molar-refractivity contribution >= 4 is 22.6 Å². The van der Waals surface area contributed by atoms with Gasteiger partial charge >= 0.3 is 0 Å². The number of amides is 1. The molecule has 3 rings (SSSR count). The molecule has 1 aromatic carbocycles. The van der Waals surface area contributed by atoms with Crippen LogP contribution in [0.15, 0.2) is 18.2 Å². The Balaban J connectivity index is 1.85. The summed E-state index contributed by atoms with van der Waals surface area (Å²) in [5.41, 5.74) is 2.76. The van der Waals surface area contributed by atoms with E-state index in [0.717, 1.165) is 35.4 Å². The lowest BCUT2D eigenvalue weighted by atomic mass is 10.2. The predicted molar refractivity (Wildman–Crippen MR) is 82.4 cm³/mol. The summed E-state index contributed by atoms with van der Waals surface area (Å²) in [5.74, 6) is 1.35. The Morgan fingerprint density at radius 1 is 1.48 bits per heavy atom. The molecule has 5 heteroatoms. The van der Waals surface area contributed by atoms with Crippen LogP contribution in [-0.2, 0) is 16.6 Å². The molecule has 1 aliphatic heterocycles. The van der Waals surface area contributed by atoms with Gasteiger partial charge in [0.05, 0.1) is 11.0 Å². The summed E-state index contributed by atoms with van der Waals surface area (Å²) >= 11 is 0. The smallest absolute Gasteiger partial charge is 0.253 e. The maximum atomic E-state index is 12.1. The molecule has 112 valence electrons. The van der Waals surface area contributed by atoms with Gasteiger partial charge < -0.3 is 14.6 Å². The molecule has 1 atom stereocenters. The van der Waals surface area contributed by atoms with Crippen LogP contribution in [0.2, 0.25) is 0 Å². The zero-order valence-electron chi connectivity index (χ0n) is 12.7. The van der Waals surface area contributed by atoms with E-state index in [1.165, 1.54) is 0 Å². The van der Waals surface area contributed by atoms with Crippen molar-refractivity contribution in [1.82, 2.24) is 9.55 Å². The molecule has 1 aromatic heterocycles. The molecule has 1 saturated heterocycles. The number of imidazole rings is 1. The summed E-state index contributed by atoms with van der Waals surface area (Å²) < 4.78 is 7.50. The Morgan fingerprint density at radius 2 is 2.29 bits per heavy atom. The van der Waals surface area contributed by atoms with Gasteiger partial charge in [0.2, 0.25) is 0 Å². The Morgan fingerprint density at radius 3 is 2.95 bits per heavy atom. The lowest BCUT2D eigenvalue weighted by Gasteiger charge is -2.10. The highest BCUT2D eigenvalue weighted by atomic mass is 16.5. The first-order chi connectivity index (χ1) is 10.1. The molecular weight excluding hydrogens is 266 g/mol. The number of aryl methyl sites for hydroxylation is 1. The van der Waals surface area contributed by atoms with Gasteiger partial charge in [-0.15, -0.1) is 0 Å². The molecule has 0 spiro atoms. The van der Waals surface area contributed by atoms with Gasteiger partial charge in [0.25, 0.3) is 5.91 Å². The Hall–Kier alpha value is -1.88. The number of carbonyl (C=O) groups is 1. The van der Waals surface area contributed by atoms with E-state index in [1.54, 1.807) is 0 Å². The van der Waals surface area contributed by atoms with Crippen molar-refractivity contribution in [2.75, 3.05) is 11.9 Å². The highest BCUT2D eigenvalue weighted by Crippen LogP contribution is 2.24. The third-order valence-electron chi connectivity index (χ3n) is 3.92. The van der Waals surface area contributed by atoms with E-state index in [0.29, 0.717) is 12.5 Å². The molecule has 2 aromatic rings. The number of ether oxygens (including phenoxy) is 1. The average Bonchev–Trinajstić information content (AvgIpc) is 3.07. The molecule has 1 aliphatic rings. The number of aromatic nitrogens is 2. The lowest BCUT2D eigenvalue weighted by molar-refractivity contribution is -0.124. The molecule has 1 unspecified atom stereocenters. The molecule has 1 N–H and O–H groups in total. The number of rotatable bonds is 3. The van der Waals surface area contributed by atoms with E-state index < -0.39 is 0 Å². The van der Waals surface area contributed by atoms with E-state index >= 15 is 0 Å². The summed E-state index contributed by atoms with van der Waals surface area (Å²) in [6, 6.07) is 5.84. The van der Waals surface area contributed by atoms with Gasteiger partial charge in [0, 0.05) is 25.3 Å². The summed E-state index contributed by atoms with van der Waals surface area (Å²) in [5, 5.41) is 2.92. The molecule has 5 nitrogen and oxygen atoms in total. The van der Waals surface area contributed by atoms with Crippen molar-refractivity contribution < 1.29 is 9.53 Å². The van der Waals surface area contributed by atoms with Crippen molar-refractivity contribution in [2.24, 2.45) is 7.05 Å². The van der Waals surface area contributed by atoms with Crippen LogP contribution in [0, 0.1) is 0 Å². The summed E-state index contributed by atoms with van der Waals surface area (Å²) in [6.45, 7) is 4.93. The van der Waals surface area contributed by atoms with Crippen LogP contribution in [0.5, 0.6) is 0 Å². The van der Waals surface area contributed by atoms with Gasteiger partial charge in [-0.1, -0.05) is 13.8 Å². The van der Waals surface area contributed by atoms with Crippen LogP contribution in [0.25, 0.3) is 11.0 Å². The molecule has 0 saturated carbocycles. The van der Waals surface area contributed by atoms with E-state index in [9.17, 15) is 4.79 Å². The zero-order valence-corrected chi connectivity index (χ0v) is 12.7. The van der Waals surface area contributed by atoms with E-state index in [4.69, 9.17) is 4.74 Å². The first kappa shape index (κ1) is 14.1. The fourth-order valence-electron chi connectivity index (χ4n) is 2.82. The van der Waals surface area contributed by atoms with Crippen molar-refractivity contribution in [3.63, 3.8) is 0 Å². The van der Waals surface area contributed by atoms with Crippen LogP contribution in [0.3, 0.4) is 0 Å². The highest BCUT2D eigenvalue weighted by Gasteiger charge is 2.23. The molecule has 1 amide bonds. The second kappa shape index (κ2) is 5.48. The van der Waals surface area contributed by atoms with E-state index in [1.807, 2.05) is 25.2 Å². The highest BCUT2D eigenvalue weighted by molar-refractivity contribution is 5.96. The number of nitrogens with one attached hydrogen (secondary N) is 1. The second-order valence-electron chi connectivity index (χ2n) is 5.88. The number of fused-ring (bicyclic) bond motifs is 1. The maximum absolute atomic E-state index is 12.1.